The highest BCUT2D eigenvalue weighted by Gasteiger charge is 2.52. The SMILES string of the molecule is CCOC(=O)C1=C(CN2CC(F)(F)CC2/C=C/C(=O)O)NC(c2nccs2)=N[C@H]1c1ccc(F)cc1Br.CCOC(=O)C1=C(CN2CC(F)(F)CC2/C=C/C(=O)O)NC(c2nccs2)=N[C@H]1c1ccc(F)cc1Cl.CCOC(=O)C1=C(CN2CC(F)(F)CC2COCC(=O)O)NC(c2nccs2)=N[C@H]1c1ccc(F)cc1Br.CCOC(=O)C1=C(CN2CC(F)(F)CC2COCC(=O)O)NC(c2nccs2)=N[C@H]1c1ccc(F)cc1Cl. The van der Waals surface area contributed by atoms with Crippen LogP contribution < -0.4 is 21.3 Å². The average molecular weight is 2340 g/mol. The number of aliphatic carboxylic acids is 4. The van der Waals surface area contributed by atoms with Crippen molar-refractivity contribution in [1.29, 1.82) is 0 Å². The van der Waals surface area contributed by atoms with Gasteiger partial charge in [-0.15, -0.1) is 45.3 Å². The quantitative estimate of drug-likeness (QED) is 0.00782. The summed E-state index contributed by atoms with van der Waals surface area (Å²) in [6.45, 7) is 1.78. The Labute approximate surface area is 889 Å². The van der Waals surface area contributed by atoms with E-state index in [1.165, 1.54) is 138 Å². The minimum absolute atomic E-state index is 0.0188. The first kappa shape index (κ1) is 115. The number of amidine groups is 4. The van der Waals surface area contributed by atoms with E-state index in [2.05, 4.69) is 88.0 Å². The van der Waals surface area contributed by atoms with E-state index in [-0.39, 0.29) is 133 Å². The van der Waals surface area contributed by atoms with Gasteiger partial charge in [0.05, 0.1) is 88.1 Å². The summed E-state index contributed by atoms with van der Waals surface area (Å²) in [6.07, 6.45) is 8.09. The number of esters is 4. The third-order valence-corrected chi connectivity index (χ3v) is 28.4. The summed E-state index contributed by atoms with van der Waals surface area (Å²) in [5, 5.41) is 56.9. The van der Waals surface area contributed by atoms with Gasteiger partial charge in [-0.05, 0) is 87.4 Å². The van der Waals surface area contributed by atoms with E-state index in [0.717, 1.165) is 24.3 Å². The molecule has 150 heavy (non-hydrogen) atoms. The molecule has 0 radical (unpaired) electrons. The predicted octanol–water partition coefficient (Wildman–Crippen LogP) is 15.9. The van der Waals surface area contributed by atoms with Crippen LogP contribution in [0.25, 0.3) is 0 Å². The Bertz CT molecular complexity index is 6250. The van der Waals surface area contributed by atoms with E-state index in [9.17, 15) is 91.0 Å². The zero-order valence-corrected chi connectivity index (χ0v) is 87.1. The number of carboxylic acids is 4. The zero-order valence-electron chi connectivity index (χ0n) is 79.2. The van der Waals surface area contributed by atoms with Crippen LogP contribution in [0, 0.1) is 23.3 Å². The van der Waals surface area contributed by atoms with Crippen molar-refractivity contribution in [1.82, 2.24) is 60.8 Å². The molecule has 0 bridgehead atoms. The fourth-order valence-corrected chi connectivity index (χ4v) is 21.2. The molecule has 8 aliphatic heterocycles. The molecule has 4 aromatic carbocycles. The molecule has 0 aliphatic carbocycles. The molecule has 8 aliphatic rings. The van der Waals surface area contributed by atoms with Gasteiger partial charge in [0.2, 0.25) is 0 Å². The summed E-state index contributed by atoms with van der Waals surface area (Å²) in [7, 11) is 0. The Hall–Kier alpha value is -12.1. The molecule has 8 N–H and O–H groups in total. The summed E-state index contributed by atoms with van der Waals surface area (Å²) < 4.78 is 203. The number of nitrogens with zero attached hydrogens (tertiary/aromatic N) is 12. The van der Waals surface area contributed by atoms with Gasteiger partial charge in [0.25, 0.3) is 23.7 Å². The second-order valence-electron chi connectivity index (χ2n) is 34.0. The lowest BCUT2D eigenvalue weighted by atomic mass is 9.95. The van der Waals surface area contributed by atoms with Crippen molar-refractivity contribution in [2.24, 2.45) is 20.0 Å². The number of carbonyl (C=O) groups excluding carboxylic acids is 4. The van der Waals surface area contributed by atoms with Crippen molar-refractivity contribution >= 4 is 172 Å². The number of aromatic nitrogens is 4. The van der Waals surface area contributed by atoms with E-state index < -0.39 is 208 Å². The number of nitrogens with one attached hydrogen (secondary N) is 4. The van der Waals surface area contributed by atoms with Gasteiger partial charge in [-0.25, -0.2) is 111 Å². The lowest BCUT2D eigenvalue weighted by molar-refractivity contribution is -0.143. The molecular weight excluding hydrogens is 2250 g/mol. The number of rotatable bonds is 36. The largest absolute Gasteiger partial charge is 0.480 e. The summed E-state index contributed by atoms with van der Waals surface area (Å²) in [5.74, 6) is -21.1. The van der Waals surface area contributed by atoms with Gasteiger partial charge in [0.1, 0.15) is 60.7 Å². The molecule has 0 amide bonds. The van der Waals surface area contributed by atoms with Crippen LogP contribution in [0.3, 0.4) is 0 Å². The maximum atomic E-state index is 14.5. The van der Waals surface area contributed by atoms with Gasteiger partial charge >= 0.3 is 47.8 Å². The van der Waals surface area contributed by atoms with Crippen molar-refractivity contribution in [3.63, 3.8) is 0 Å². The van der Waals surface area contributed by atoms with E-state index in [4.69, 9.17) is 77.0 Å². The summed E-state index contributed by atoms with van der Waals surface area (Å²) in [6, 6.07) is 7.86. The number of carbonyl (C=O) groups is 8. The molecule has 8 aromatic rings. The molecule has 0 spiro atoms. The number of aliphatic imine (C=N–C) groups is 4. The molecule has 12 heterocycles. The second kappa shape index (κ2) is 51.4. The minimum Gasteiger partial charge on any atom is -0.480 e. The zero-order chi connectivity index (χ0) is 108. The Morgan fingerprint density at radius 1 is 0.400 bits per heavy atom. The van der Waals surface area contributed by atoms with Crippen molar-refractivity contribution < 1.29 is 140 Å². The first-order chi connectivity index (χ1) is 71.3. The molecular formula is C96H92Br2Cl2F12N16O18S4. The van der Waals surface area contributed by atoms with Crippen LogP contribution in [0.15, 0.2) is 217 Å². The third-order valence-electron chi connectivity index (χ3n) is 23.3. The predicted molar refractivity (Wildman–Crippen MR) is 534 cm³/mol. The molecule has 54 heteroatoms. The van der Waals surface area contributed by atoms with E-state index >= 15 is 0 Å². The van der Waals surface area contributed by atoms with Crippen LogP contribution in [0.5, 0.6) is 0 Å². The van der Waals surface area contributed by atoms with Crippen LogP contribution in [0.2, 0.25) is 10.0 Å². The Balaban J connectivity index is 0.000000167. The van der Waals surface area contributed by atoms with Crippen molar-refractivity contribution in [2.45, 2.75) is 125 Å². The van der Waals surface area contributed by atoms with Gasteiger partial charge in [-0.2, -0.15) is 0 Å². The number of likely N-dealkylation sites (tertiary alicyclic amines) is 4. The molecule has 4 aromatic heterocycles. The molecule has 800 valence electrons. The molecule has 4 fully saturated rings. The molecule has 16 rings (SSSR count). The Morgan fingerprint density at radius 2 is 0.660 bits per heavy atom. The summed E-state index contributed by atoms with van der Waals surface area (Å²) in [4.78, 5) is 138. The normalized spacial score (nSPS) is 21.5. The van der Waals surface area contributed by atoms with Crippen LogP contribution >= 0.6 is 100 Å². The minimum atomic E-state index is -3.07. The van der Waals surface area contributed by atoms with E-state index in [0.29, 0.717) is 62.9 Å². The number of alkyl halides is 8. The molecule has 34 nitrogen and oxygen atoms in total. The number of carboxylic acid groups (broad SMARTS) is 4. The molecule has 0 saturated carbocycles. The Kier molecular flexibility index (Phi) is 39.4. The average Bonchev–Trinajstić information content (AvgIpc) is 1.45. The van der Waals surface area contributed by atoms with Crippen molar-refractivity contribution in [3.8, 4) is 0 Å². The smallest absolute Gasteiger partial charge is 0.338 e. The van der Waals surface area contributed by atoms with Crippen LogP contribution in [0.4, 0.5) is 52.7 Å². The van der Waals surface area contributed by atoms with E-state index in [1.54, 1.807) is 74.0 Å². The number of halogens is 16. The molecule has 4 unspecified atom stereocenters. The highest BCUT2D eigenvalue weighted by molar-refractivity contribution is 9.10. The van der Waals surface area contributed by atoms with Crippen LogP contribution in [-0.2, 0) is 66.8 Å². The number of hydrogen-bond acceptors (Lipinski definition) is 34. The fraction of sp³-hybridized carbons (Fsp3) is 0.375. The standard InChI is InChI=1S/C24H24BrF3N4O5S.C24H22BrF3N4O4S.C24H24ClF3N4O5S.C24H22ClF3N4O4S/c1-2-37-23(35)19-17(9-32-12-24(27,28)8-14(32)10-36-11-18(33)34)30-21(22-29-5-6-38-22)31-20(19)15-4-3-13(26)7-16(15)25;1-2-36-23(35)19-17(11-32-12-24(27,28)10-14(32)4-6-18(33)34)30-21(22-29-7-8-37-22)31-20(19)15-5-3-13(26)9-16(15)25;1-2-37-23(35)19-17(9-32-12-24(27,28)8-14(32)10-36-11-18(33)34)30-21(22-29-5-6-38-22)31-20(19)15-4-3-13(26)7-16(15)25;1-2-36-23(35)19-17(11-32-12-24(27,28)10-14(32)4-6-18(33)34)30-21(22-29-7-8-37-22)31-20(19)15-5-3-13(26)9-16(15)25/h3-7,14,20H,2,8-12H2,1H3,(H,30,31)(H,33,34);3-9,14,20H,2,10-12H2,1H3,(H,30,31)(H,33,34);3-7,14,20H,2,8-12H2,1H3,(H,30,31)(H,33,34);3-9,14,20H,2,10-12H2,1H3,(H,30,31)(H,33,34)/b;6-4+;;6-4+/t4*14?,20-/m0000/s1. The first-order valence-corrected chi connectivity index (χ1v) is 51.4. The van der Waals surface area contributed by atoms with Crippen molar-refractivity contribution in [2.75, 3.05) is 105 Å². The summed E-state index contributed by atoms with van der Waals surface area (Å²) >= 11 is 24.5. The lowest BCUT2D eigenvalue weighted by Crippen LogP contribution is -2.42. The van der Waals surface area contributed by atoms with Crippen LogP contribution in [0.1, 0.15) is 120 Å². The maximum absolute atomic E-state index is 14.5. The maximum Gasteiger partial charge on any atom is 0.338 e. The summed E-state index contributed by atoms with van der Waals surface area (Å²) in [5.41, 5.74) is 2.74. The van der Waals surface area contributed by atoms with Crippen LogP contribution in [-0.4, -0.2) is 284 Å². The van der Waals surface area contributed by atoms with Gasteiger partial charge in [0, 0.05) is 187 Å². The third kappa shape index (κ3) is 30.3. The van der Waals surface area contributed by atoms with Gasteiger partial charge < -0.3 is 70.1 Å². The lowest BCUT2D eigenvalue weighted by Gasteiger charge is -2.31. The van der Waals surface area contributed by atoms with Gasteiger partial charge in [0.15, 0.2) is 43.4 Å². The molecule has 4 saturated heterocycles. The molecule has 8 atom stereocenters. The van der Waals surface area contributed by atoms with Gasteiger partial charge in [-0.1, -0.05) is 91.5 Å². The second-order valence-corrected chi connectivity index (χ2v) is 40.1. The van der Waals surface area contributed by atoms with E-state index in [1.807, 2.05) is 0 Å². The number of hydrogen-bond donors (Lipinski definition) is 8. The highest BCUT2D eigenvalue weighted by atomic mass is 79.9. The number of thiazole rings is 4. The highest BCUT2D eigenvalue weighted by Crippen LogP contribution is 2.46. The number of ether oxygens (including phenoxy) is 6. The fourth-order valence-electron chi connectivity index (χ4n) is 17.2. The van der Waals surface area contributed by atoms with Gasteiger partial charge in [-0.3, -0.25) is 39.6 Å². The topological polar surface area (TPSA) is 435 Å². The van der Waals surface area contributed by atoms with Crippen molar-refractivity contribution in [3.05, 3.63) is 273 Å². The monoisotopic (exact) mass is 2340 g/mol. The first-order valence-electron chi connectivity index (χ1n) is 45.6. The number of benzene rings is 4. The Morgan fingerprint density at radius 3 is 0.913 bits per heavy atom.